The Balaban J connectivity index is 2.53. The molecule has 0 radical (unpaired) electrons. The molecule has 66 valence electrons. The zero-order valence-corrected chi connectivity index (χ0v) is 6.81. The number of nitrogen functional groups attached to an aromatic ring is 1. The Kier molecular flexibility index (Phi) is 1.73. The Labute approximate surface area is 74.6 Å². The molecule has 1 heterocycles. The van der Waals surface area contributed by atoms with Gasteiger partial charge in [0.25, 0.3) is 0 Å². The number of imidazole rings is 1. The summed E-state index contributed by atoms with van der Waals surface area (Å²) in [6.45, 7) is 0. The van der Waals surface area contributed by atoms with Crippen LogP contribution < -0.4 is 5.73 Å². The topological polar surface area (TPSA) is 43.8 Å². The van der Waals surface area contributed by atoms with Crippen molar-refractivity contribution in [1.29, 1.82) is 0 Å². The Morgan fingerprint density at radius 3 is 2.85 bits per heavy atom. The second kappa shape index (κ2) is 2.90. The lowest BCUT2D eigenvalue weighted by molar-refractivity contribution is 0.628. The molecule has 1 aromatic carbocycles. The van der Waals surface area contributed by atoms with Crippen LogP contribution >= 0.6 is 0 Å². The minimum atomic E-state index is -0.332. The molecule has 3 nitrogen and oxygen atoms in total. The summed E-state index contributed by atoms with van der Waals surface area (Å²) in [6.07, 6.45) is 5.01. The average molecular weight is 177 g/mol. The number of hydrogen-bond donors (Lipinski definition) is 1. The number of aromatic nitrogens is 2. The number of nitrogens with two attached hydrogens (primary N) is 1. The van der Waals surface area contributed by atoms with E-state index in [1.165, 1.54) is 12.1 Å². The van der Waals surface area contributed by atoms with Gasteiger partial charge in [-0.25, -0.2) is 9.37 Å². The number of rotatable bonds is 1. The number of hydrogen-bond acceptors (Lipinski definition) is 2. The highest BCUT2D eigenvalue weighted by Gasteiger charge is 2.01. The maximum absolute atomic E-state index is 12.7. The van der Waals surface area contributed by atoms with Gasteiger partial charge in [0.1, 0.15) is 5.82 Å². The molecule has 0 amide bonds. The summed E-state index contributed by atoms with van der Waals surface area (Å²) in [5, 5.41) is 0. The third kappa shape index (κ3) is 1.38. The van der Waals surface area contributed by atoms with Crippen LogP contribution in [0.2, 0.25) is 0 Å². The van der Waals surface area contributed by atoms with Crippen molar-refractivity contribution in [2.24, 2.45) is 0 Å². The van der Waals surface area contributed by atoms with Crippen LogP contribution in [0.3, 0.4) is 0 Å². The fourth-order valence-corrected chi connectivity index (χ4v) is 1.16. The van der Waals surface area contributed by atoms with E-state index in [2.05, 4.69) is 4.98 Å². The highest BCUT2D eigenvalue weighted by molar-refractivity contribution is 5.57. The molecule has 0 unspecified atom stereocenters. The van der Waals surface area contributed by atoms with Gasteiger partial charge in [0.15, 0.2) is 0 Å². The standard InChI is InChI=1S/C9H8FN3/c10-7-1-2-9(8(11)5-7)13-4-3-12-6-13/h1-6H,11H2. The van der Waals surface area contributed by atoms with Crippen molar-refractivity contribution >= 4 is 5.69 Å². The molecule has 13 heavy (non-hydrogen) atoms. The smallest absolute Gasteiger partial charge is 0.125 e. The van der Waals surface area contributed by atoms with E-state index in [-0.39, 0.29) is 5.82 Å². The van der Waals surface area contributed by atoms with Gasteiger partial charge in [0.2, 0.25) is 0 Å². The quantitative estimate of drug-likeness (QED) is 0.672. The molecule has 2 N–H and O–H groups in total. The van der Waals surface area contributed by atoms with Gasteiger partial charge < -0.3 is 10.3 Å². The Morgan fingerprint density at radius 2 is 2.23 bits per heavy atom. The monoisotopic (exact) mass is 177 g/mol. The van der Waals surface area contributed by atoms with Crippen molar-refractivity contribution in [1.82, 2.24) is 9.55 Å². The predicted molar refractivity (Wildman–Crippen MR) is 47.9 cm³/mol. The first kappa shape index (κ1) is 7.79. The zero-order valence-electron chi connectivity index (χ0n) is 6.81. The number of anilines is 1. The van der Waals surface area contributed by atoms with Crippen LogP contribution in [0.15, 0.2) is 36.9 Å². The largest absolute Gasteiger partial charge is 0.397 e. The third-order valence-electron chi connectivity index (χ3n) is 1.77. The van der Waals surface area contributed by atoms with Gasteiger partial charge in [-0.1, -0.05) is 0 Å². The number of nitrogens with zero attached hydrogens (tertiary/aromatic N) is 2. The Bertz CT molecular complexity index is 409. The molecule has 0 atom stereocenters. The molecule has 0 spiro atoms. The van der Waals surface area contributed by atoms with Crippen molar-refractivity contribution in [3.8, 4) is 5.69 Å². The average Bonchev–Trinajstić information content (AvgIpc) is 2.56. The van der Waals surface area contributed by atoms with Gasteiger partial charge in [-0.3, -0.25) is 0 Å². The van der Waals surface area contributed by atoms with E-state index in [4.69, 9.17) is 5.73 Å². The van der Waals surface area contributed by atoms with Crippen LogP contribution in [0, 0.1) is 5.82 Å². The molecule has 0 aliphatic rings. The Hall–Kier alpha value is -1.84. The van der Waals surface area contributed by atoms with Crippen LogP contribution in [0.1, 0.15) is 0 Å². The molecule has 2 aromatic rings. The second-order valence-electron chi connectivity index (χ2n) is 2.67. The van der Waals surface area contributed by atoms with Crippen molar-refractivity contribution in [2.75, 3.05) is 5.73 Å². The SMILES string of the molecule is Nc1cc(F)ccc1-n1ccnc1. The van der Waals surface area contributed by atoms with Gasteiger partial charge in [0, 0.05) is 12.4 Å². The lowest BCUT2D eigenvalue weighted by atomic mass is 10.2. The summed E-state index contributed by atoms with van der Waals surface area (Å²) in [5.41, 5.74) is 6.76. The molecule has 4 heteroatoms. The summed E-state index contributed by atoms with van der Waals surface area (Å²) in [6, 6.07) is 4.27. The van der Waals surface area contributed by atoms with Crippen LogP contribution in [0.25, 0.3) is 5.69 Å². The van der Waals surface area contributed by atoms with Crippen LogP contribution in [0.5, 0.6) is 0 Å². The molecule has 1 aromatic heterocycles. The fraction of sp³-hybridized carbons (Fsp3) is 0. The lowest BCUT2D eigenvalue weighted by Crippen LogP contribution is -1.97. The minimum absolute atomic E-state index is 0.332. The van der Waals surface area contributed by atoms with E-state index in [1.807, 2.05) is 0 Å². The van der Waals surface area contributed by atoms with E-state index < -0.39 is 0 Å². The van der Waals surface area contributed by atoms with Gasteiger partial charge in [-0.15, -0.1) is 0 Å². The molecule has 0 saturated heterocycles. The molecular formula is C9H8FN3. The third-order valence-corrected chi connectivity index (χ3v) is 1.77. The molecule has 0 bridgehead atoms. The van der Waals surface area contributed by atoms with Crippen molar-refractivity contribution in [3.05, 3.63) is 42.7 Å². The maximum Gasteiger partial charge on any atom is 0.125 e. The van der Waals surface area contributed by atoms with E-state index in [0.29, 0.717) is 5.69 Å². The van der Waals surface area contributed by atoms with E-state index in [9.17, 15) is 4.39 Å². The van der Waals surface area contributed by atoms with Crippen molar-refractivity contribution in [3.63, 3.8) is 0 Å². The summed E-state index contributed by atoms with van der Waals surface area (Å²) in [4.78, 5) is 3.88. The highest BCUT2D eigenvalue weighted by atomic mass is 19.1. The highest BCUT2D eigenvalue weighted by Crippen LogP contribution is 2.17. The van der Waals surface area contributed by atoms with Gasteiger partial charge >= 0.3 is 0 Å². The minimum Gasteiger partial charge on any atom is -0.397 e. The van der Waals surface area contributed by atoms with Crippen LogP contribution in [0.4, 0.5) is 10.1 Å². The van der Waals surface area contributed by atoms with Gasteiger partial charge in [-0.2, -0.15) is 0 Å². The molecular weight excluding hydrogens is 169 g/mol. The summed E-state index contributed by atoms with van der Waals surface area (Å²) < 4.78 is 14.4. The first-order chi connectivity index (χ1) is 6.27. The first-order valence-electron chi connectivity index (χ1n) is 3.81. The van der Waals surface area contributed by atoms with Crippen molar-refractivity contribution < 1.29 is 4.39 Å². The van der Waals surface area contributed by atoms with E-state index in [1.54, 1.807) is 29.4 Å². The molecule has 0 saturated carbocycles. The van der Waals surface area contributed by atoms with Crippen LogP contribution in [-0.2, 0) is 0 Å². The lowest BCUT2D eigenvalue weighted by Gasteiger charge is -2.05. The zero-order chi connectivity index (χ0) is 9.26. The van der Waals surface area contributed by atoms with E-state index in [0.717, 1.165) is 5.69 Å². The summed E-state index contributed by atoms with van der Waals surface area (Å²) >= 11 is 0. The van der Waals surface area contributed by atoms with E-state index >= 15 is 0 Å². The number of benzene rings is 1. The summed E-state index contributed by atoms with van der Waals surface area (Å²) in [7, 11) is 0. The predicted octanol–water partition coefficient (Wildman–Crippen LogP) is 1.59. The second-order valence-corrected chi connectivity index (χ2v) is 2.67. The first-order valence-corrected chi connectivity index (χ1v) is 3.81. The Morgan fingerprint density at radius 1 is 1.38 bits per heavy atom. The maximum atomic E-state index is 12.7. The molecule has 0 fully saturated rings. The molecule has 0 aliphatic carbocycles. The fourth-order valence-electron chi connectivity index (χ4n) is 1.16. The summed E-state index contributed by atoms with van der Waals surface area (Å²) in [5.74, 6) is -0.332. The normalized spacial score (nSPS) is 10.2. The van der Waals surface area contributed by atoms with Gasteiger partial charge in [0.05, 0.1) is 17.7 Å². The molecule has 0 aliphatic heterocycles. The van der Waals surface area contributed by atoms with Gasteiger partial charge in [-0.05, 0) is 18.2 Å². The van der Waals surface area contributed by atoms with Crippen LogP contribution in [-0.4, -0.2) is 9.55 Å². The molecule has 2 rings (SSSR count). The number of halogens is 1. The van der Waals surface area contributed by atoms with Crippen molar-refractivity contribution in [2.45, 2.75) is 0 Å².